The Balaban J connectivity index is 2.13. The molecule has 0 aliphatic rings. The van der Waals surface area contributed by atoms with Crippen molar-refractivity contribution in [3.63, 3.8) is 0 Å². The third-order valence-corrected chi connectivity index (χ3v) is 3.45. The van der Waals surface area contributed by atoms with Crippen LogP contribution in [0.25, 0.3) is 0 Å². The average molecular weight is 285 g/mol. The van der Waals surface area contributed by atoms with E-state index in [0.717, 1.165) is 5.69 Å². The Kier molecular flexibility index (Phi) is 3.88. The lowest BCUT2D eigenvalue weighted by Gasteiger charge is -2.01. The Morgan fingerprint density at radius 3 is 2.94 bits per heavy atom. The molecule has 0 spiro atoms. The second-order valence-corrected chi connectivity index (χ2v) is 4.91. The molecule has 2 aromatic rings. The molecule has 0 aliphatic carbocycles. The molecule has 0 fully saturated rings. The van der Waals surface area contributed by atoms with E-state index in [4.69, 9.17) is 16.0 Å². The number of oxazole rings is 1. The number of nitrogens with zero attached hydrogens (tertiary/aromatic N) is 2. The van der Waals surface area contributed by atoms with Gasteiger partial charge in [0.05, 0.1) is 10.6 Å². The molecule has 0 radical (unpaired) electrons. The number of nitro groups is 1. The minimum Gasteiger partial charge on any atom is -0.440 e. The molecule has 1 heterocycles. The van der Waals surface area contributed by atoms with Crippen LogP contribution in [0, 0.1) is 17.0 Å². The second-order valence-electron chi connectivity index (χ2n) is 3.58. The van der Waals surface area contributed by atoms with Gasteiger partial charge in [0, 0.05) is 22.9 Å². The first-order chi connectivity index (χ1) is 8.56. The third-order valence-electron chi connectivity index (χ3n) is 2.19. The van der Waals surface area contributed by atoms with Crippen LogP contribution < -0.4 is 0 Å². The summed E-state index contributed by atoms with van der Waals surface area (Å²) in [5.74, 6) is 0.473. The lowest BCUT2D eigenvalue weighted by molar-refractivity contribution is -0.384. The zero-order chi connectivity index (χ0) is 13.1. The van der Waals surface area contributed by atoms with Crippen molar-refractivity contribution in [3.8, 4) is 0 Å². The van der Waals surface area contributed by atoms with E-state index >= 15 is 0 Å². The quantitative estimate of drug-likeness (QED) is 0.485. The van der Waals surface area contributed by atoms with E-state index < -0.39 is 4.92 Å². The maximum atomic E-state index is 10.7. The predicted molar refractivity (Wildman–Crippen MR) is 68.9 cm³/mol. The van der Waals surface area contributed by atoms with E-state index in [0.29, 0.717) is 21.6 Å². The summed E-state index contributed by atoms with van der Waals surface area (Å²) in [7, 11) is 0. The predicted octanol–water partition coefficient (Wildman–Crippen LogP) is 3.84. The Morgan fingerprint density at radius 2 is 2.33 bits per heavy atom. The van der Waals surface area contributed by atoms with Gasteiger partial charge in [-0.15, -0.1) is 0 Å². The second kappa shape index (κ2) is 5.41. The van der Waals surface area contributed by atoms with Crippen LogP contribution in [-0.4, -0.2) is 9.91 Å². The first-order valence-electron chi connectivity index (χ1n) is 5.04. The van der Waals surface area contributed by atoms with Crippen molar-refractivity contribution in [3.05, 3.63) is 50.9 Å². The van der Waals surface area contributed by atoms with E-state index in [-0.39, 0.29) is 5.69 Å². The zero-order valence-corrected chi connectivity index (χ0v) is 11.0. The molecule has 0 saturated heterocycles. The van der Waals surface area contributed by atoms with Crippen LogP contribution in [0.2, 0.25) is 5.02 Å². The molecule has 18 heavy (non-hydrogen) atoms. The highest BCUT2D eigenvalue weighted by molar-refractivity contribution is 7.98. The maximum Gasteiger partial charge on any atom is 0.269 e. The van der Waals surface area contributed by atoms with Crippen molar-refractivity contribution in [2.24, 2.45) is 0 Å². The molecule has 7 heteroatoms. The number of hydrogen-bond acceptors (Lipinski definition) is 5. The van der Waals surface area contributed by atoms with Gasteiger partial charge in [-0.2, -0.15) is 0 Å². The highest BCUT2D eigenvalue weighted by atomic mass is 35.5. The van der Waals surface area contributed by atoms with Crippen LogP contribution in [0.1, 0.15) is 11.3 Å². The smallest absolute Gasteiger partial charge is 0.269 e. The van der Waals surface area contributed by atoms with Crippen molar-refractivity contribution in [2.75, 3.05) is 0 Å². The van der Waals surface area contributed by atoms with Gasteiger partial charge in [-0.1, -0.05) is 23.4 Å². The fraction of sp³-hybridized carbons (Fsp3) is 0.182. The first kappa shape index (κ1) is 12.9. The van der Waals surface area contributed by atoms with Gasteiger partial charge in [0.1, 0.15) is 6.26 Å². The summed E-state index contributed by atoms with van der Waals surface area (Å²) in [6, 6.07) is 4.37. The molecule has 1 aromatic heterocycles. The van der Waals surface area contributed by atoms with Gasteiger partial charge in [-0.3, -0.25) is 10.1 Å². The van der Waals surface area contributed by atoms with Crippen LogP contribution in [0.15, 0.2) is 34.1 Å². The summed E-state index contributed by atoms with van der Waals surface area (Å²) in [5, 5.41) is 11.7. The Labute approximate surface area is 112 Å². The molecule has 2 rings (SSSR count). The molecule has 0 amide bonds. The lowest BCUT2D eigenvalue weighted by atomic mass is 10.2. The monoisotopic (exact) mass is 284 g/mol. The highest BCUT2D eigenvalue weighted by Crippen LogP contribution is 2.28. The lowest BCUT2D eigenvalue weighted by Crippen LogP contribution is -1.90. The number of non-ortho nitro benzene ring substituents is 1. The molecule has 94 valence electrons. The Hall–Kier alpha value is -1.53. The van der Waals surface area contributed by atoms with Crippen LogP contribution in [0.5, 0.6) is 0 Å². The van der Waals surface area contributed by atoms with Crippen molar-refractivity contribution in [1.29, 1.82) is 0 Å². The van der Waals surface area contributed by atoms with Crippen LogP contribution in [0.3, 0.4) is 0 Å². The van der Waals surface area contributed by atoms with Gasteiger partial charge in [-0.25, -0.2) is 4.98 Å². The van der Waals surface area contributed by atoms with E-state index in [2.05, 4.69) is 4.98 Å². The molecule has 0 bridgehead atoms. The standard InChI is InChI=1S/C11H9ClN2O3S/c1-7-5-17-11(13-7)18-6-8-4-9(14(15)16)2-3-10(8)12/h2-5H,6H2,1H3. The van der Waals surface area contributed by atoms with E-state index in [1.165, 1.54) is 30.0 Å². The molecule has 5 nitrogen and oxygen atoms in total. The number of nitro benzene ring substituents is 1. The molecule has 1 aromatic carbocycles. The van der Waals surface area contributed by atoms with Gasteiger partial charge in [0.25, 0.3) is 10.9 Å². The summed E-state index contributed by atoms with van der Waals surface area (Å²) >= 11 is 7.33. The molecule has 0 atom stereocenters. The number of thioether (sulfide) groups is 1. The van der Waals surface area contributed by atoms with Crippen molar-refractivity contribution >= 4 is 29.1 Å². The summed E-state index contributed by atoms with van der Waals surface area (Å²) in [6.07, 6.45) is 1.55. The van der Waals surface area contributed by atoms with E-state index in [1.54, 1.807) is 6.26 Å². The molecule has 0 unspecified atom stereocenters. The number of benzene rings is 1. The van der Waals surface area contributed by atoms with Gasteiger partial charge < -0.3 is 4.42 Å². The minimum atomic E-state index is -0.445. The zero-order valence-electron chi connectivity index (χ0n) is 9.42. The number of halogens is 1. The van der Waals surface area contributed by atoms with Crippen LogP contribution in [0.4, 0.5) is 5.69 Å². The van der Waals surface area contributed by atoms with Crippen LogP contribution >= 0.6 is 23.4 Å². The summed E-state index contributed by atoms with van der Waals surface area (Å²) in [6.45, 7) is 1.83. The van der Waals surface area contributed by atoms with Crippen molar-refractivity contribution in [2.45, 2.75) is 17.9 Å². The molecular weight excluding hydrogens is 276 g/mol. The van der Waals surface area contributed by atoms with Gasteiger partial charge >= 0.3 is 0 Å². The minimum absolute atomic E-state index is 0.0265. The number of rotatable bonds is 4. The normalized spacial score (nSPS) is 10.6. The fourth-order valence-corrected chi connectivity index (χ4v) is 2.43. The number of aromatic nitrogens is 1. The Morgan fingerprint density at radius 1 is 1.56 bits per heavy atom. The average Bonchev–Trinajstić information content (AvgIpc) is 2.74. The molecule has 0 saturated carbocycles. The van der Waals surface area contributed by atoms with Crippen LogP contribution in [-0.2, 0) is 5.75 Å². The molecule has 0 N–H and O–H groups in total. The van der Waals surface area contributed by atoms with Gasteiger partial charge in [-0.05, 0) is 18.6 Å². The highest BCUT2D eigenvalue weighted by Gasteiger charge is 2.11. The Bertz CT molecular complexity index is 585. The van der Waals surface area contributed by atoms with Gasteiger partial charge in [0.2, 0.25) is 0 Å². The van der Waals surface area contributed by atoms with Crippen molar-refractivity contribution < 1.29 is 9.34 Å². The summed E-state index contributed by atoms with van der Waals surface area (Å²) in [4.78, 5) is 14.4. The van der Waals surface area contributed by atoms with E-state index in [9.17, 15) is 10.1 Å². The summed E-state index contributed by atoms with van der Waals surface area (Å²) in [5.41, 5.74) is 1.51. The van der Waals surface area contributed by atoms with Gasteiger partial charge in [0.15, 0.2) is 0 Å². The maximum absolute atomic E-state index is 10.7. The molecule has 0 aliphatic heterocycles. The number of hydrogen-bond donors (Lipinski definition) is 0. The number of aryl methyl sites for hydroxylation is 1. The first-order valence-corrected chi connectivity index (χ1v) is 6.40. The summed E-state index contributed by atoms with van der Waals surface area (Å²) < 4.78 is 5.18. The SMILES string of the molecule is Cc1coc(SCc2cc([N+](=O)[O-])ccc2Cl)n1. The largest absolute Gasteiger partial charge is 0.440 e. The third kappa shape index (κ3) is 3.02. The fourth-order valence-electron chi connectivity index (χ4n) is 1.32. The van der Waals surface area contributed by atoms with Crippen molar-refractivity contribution in [1.82, 2.24) is 4.98 Å². The topological polar surface area (TPSA) is 69.2 Å². The van der Waals surface area contributed by atoms with E-state index in [1.807, 2.05) is 6.92 Å². The molecular formula is C11H9ClN2O3S.